The molecule has 1 heterocycles. The third-order valence-corrected chi connectivity index (χ3v) is 2.66. The van der Waals surface area contributed by atoms with Crippen LogP contribution in [0.15, 0.2) is 42.7 Å². The minimum absolute atomic E-state index is 1.03. The van der Waals surface area contributed by atoms with E-state index in [0.29, 0.717) is 0 Å². The highest BCUT2D eigenvalue weighted by Gasteiger charge is 2.06. The van der Waals surface area contributed by atoms with E-state index in [9.17, 15) is 0 Å². The van der Waals surface area contributed by atoms with Crippen molar-refractivity contribution in [1.82, 2.24) is 4.98 Å². The molecule has 0 aliphatic heterocycles. The van der Waals surface area contributed by atoms with Gasteiger partial charge in [0, 0.05) is 12.4 Å². The number of rotatable bonds is 2. The maximum absolute atomic E-state index is 4.24. The first kappa shape index (κ1) is 9.91. The first-order valence-electron chi connectivity index (χ1n) is 5.32. The molecule has 76 valence electrons. The third-order valence-electron chi connectivity index (χ3n) is 2.66. The van der Waals surface area contributed by atoms with E-state index in [4.69, 9.17) is 0 Å². The summed E-state index contributed by atoms with van der Waals surface area (Å²) >= 11 is 0. The van der Waals surface area contributed by atoms with Crippen LogP contribution >= 0.6 is 0 Å². The zero-order chi connectivity index (χ0) is 10.7. The molecule has 0 amide bonds. The van der Waals surface area contributed by atoms with Crippen LogP contribution in [0.25, 0.3) is 11.1 Å². The van der Waals surface area contributed by atoms with E-state index >= 15 is 0 Å². The van der Waals surface area contributed by atoms with Crippen LogP contribution < -0.4 is 0 Å². The second-order valence-electron chi connectivity index (χ2n) is 3.71. The van der Waals surface area contributed by atoms with Crippen molar-refractivity contribution in [2.24, 2.45) is 0 Å². The molecule has 0 aliphatic carbocycles. The molecular weight excluding hydrogens is 182 g/mol. The minimum Gasteiger partial charge on any atom is -0.264 e. The molecular formula is C14H15N. The quantitative estimate of drug-likeness (QED) is 0.716. The van der Waals surface area contributed by atoms with Gasteiger partial charge in [-0.15, -0.1) is 0 Å². The smallest absolute Gasteiger partial charge is 0.0306 e. The molecule has 0 spiro atoms. The predicted molar refractivity (Wildman–Crippen MR) is 63.8 cm³/mol. The van der Waals surface area contributed by atoms with E-state index in [1.165, 1.54) is 22.3 Å². The molecule has 0 atom stereocenters. The second kappa shape index (κ2) is 4.26. The van der Waals surface area contributed by atoms with Gasteiger partial charge in [-0.25, -0.2) is 0 Å². The molecule has 1 aromatic carbocycles. The highest BCUT2D eigenvalue weighted by molar-refractivity contribution is 5.70. The topological polar surface area (TPSA) is 12.9 Å². The summed E-state index contributed by atoms with van der Waals surface area (Å²) in [7, 11) is 0. The van der Waals surface area contributed by atoms with Crippen LogP contribution in [-0.4, -0.2) is 4.98 Å². The zero-order valence-electron chi connectivity index (χ0n) is 9.20. The van der Waals surface area contributed by atoms with Crippen molar-refractivity contribution in [3.8, 4) is 11.1 Å². The van der Waals surface area contributed by atoms with Crippen molar-refractivity contribution in [3.05, 3.63) is 53.9 Å². The van der Waals surface area contributed by atoms with Gasteiger partial charge in [0.05, 0.1) is 0 Å². The van der Waals surface area contributed by atoms with Crippen LogP contribution in [0, 0.1) is 6.92 Å². The van der Waals surface area contributed by atoms with Crippen molar-refractivity contribution in [2.45, 2.75) is 20.3 Å². The Morgan fingerprint density at radius 3 is 2.47 bits per heavy atom. The van der Waals surface area contributed by atoms with E-state index in [-0.39, 0.29) is 0 Å². The van der Waals surface area contributed by atoms with Gasteiger partial charge in [-0.3, -0.25) is 4.98 Å². The predicted octanol–water partition coefficient (Wildman–Crippen LogP) is 3.62. The summed E-state index contributed by atoms with van der Waals surface area (Å²) in [5, 5.41) is 0. The van der Waals surface area contributed by atoms with Gasteiger partial charge in [0.25, 0.3) is 0 Å². The lowest BCUT2D eigenvalue weighted by atomic mass is 9.96. The van der Waals surface area contributed by atoms with E-state index in [2.05, 4.69) is 43.1 Å². The summed E-state index contributed by atoms with van der Waals surface area (Å²) in [6.07, 6.45) is 4.93. The molecule has 1 nitrogen and oxygen atoms in total. The Morgan fingerprint density at radius 1 is 1.07 bits per heavy atom. The number of aryl methyl sites for hydroxylation is 2. The van der Waals surface area contributed by atoms with Gasteiger partial charge in [0.15, 0.2) is 0 Å². The molecule has 0 radical (unpaired) electrons. The van der Waals surface area contributed by atoms with Crippen LogP contribution in [0.3, 0.4) is 0 Å². The molecule has 0 saturated carbocycles. The molecule has 0 bridgehead atoms. The summed E-state index contributed by atoms with van der Waals surface area (Å²) in [4.78, 5) is 4.24. The Bertz CT molecular complexity index is 446. The molecule has 1 heteroatoms. The standard InChI is InChI=1S/C14H15N/c1-3-12-10-15-9-11(2)14(12)13-7-5-4-6-8-13/h4-10H,3H2,1-2H3. The number of nitrogens with zero attached hydrogens (tertiary/aromatic N) is 1. The van der Waals surface area contributed by atoms with Gasteiger partial charge in [-0.2, -0.15) is 0 Å². The highest BCUT2D eigenvalue weighted by Crippen LogP contribution is 2.26. The second-order valence-corrected chi connectivity index (χ2v) is 3.71. The fourth-order valence-electron chi connectivity index (χ4n) is 1.91. The van der Waals surface area contributed by atoms with Crippen LogP contribution in [0.4, 0.5) is 0 Å². The third kappa shape index (κ3) is 1.91. The Hall–Kier alpha value is -1.63. The van der Waals surface area contributed by atoms with Gasteiger partial charge >= 0.3 is 0 Å². The van der Waals surface area contributed by atoms with Gasteiger partial charge in [-0.05, 0) is 35.6 Å². The average Bonchev–Trinajstić information content (AvgIpc) is 2.29. The Kier molecular flexibility index (Phi) is 2.82. The number of pyridine rings is 1. The molecule has 2 rings (SSSR count). The fraction of sp³-hybridized carbons (Fsp3) is 0.214. The van der Waals surface area contributed by atoms with Crippen LogP contribution in [0.1, 0.15) is 18.1 Å². The van der Waals surface area contributed by atoms with Crippen molar-refractivity contribution < 1.29 is 0 Å². The number of hydrogen-bond acceptors (Lipinski definition) is 1. The van der Waals surface area contributed by atoms with Gasteiger partial charge in [0.1, 0.15) is 0 Å². The molecule has 0 saturated heterocycles. The van der Waals surface area contributed by atoms with E-state index in [1.54, 1.807) is 0 Å². The molecule has 0 fully saturated rings. The van der Waals surface area contributed by atoms with E-state index in [0.717, 1.165) is 6.42 Å². The van der Waals surface area contributed by atoms with Crippen molar-refractivity contribution in [1.29, 1.82) is 0 Å². The normalized spacial score (nSPS) is 10.3. The van der Waals surface area contributed by atoms with E-state index in [1.807, 2.05) is 18.5 Å². The summed E-state index contributed by atoms with van der Waals surface area (Å²) < 4.78 is 0. The summed E-state index contributed by atoms with van der Waals surface area (Å²) in [6, 6.07) is 10.5. The van der Waals surface area contributed by atoms with Crippen molar-refractivity contribution >= 4 is 0 Å². The summed E-state index contributed by atoms with van der Waals surface area (Å²) in [6.45, 7) is 4.29. The molecule has 15 heavy (non-hydrogen) atoms. The number of hydrogen-bond donors (Lipinski definition) is 0. The SMILES string of the molecule is CCc1cncc(C)c1-c1ccccc1. The average molecular weight is 197 g/mol. The summed E-state index contributed by atoms with van der Waals surface area (Å²) in [5.74, 6) is 0. The van der Waals surface area contributed by atoms with Gasteiger partial charge in [0.2, 0.25) is 0 Å². The largest absolute Gasteiger partial charge is 0.264 e. The van der Waals surface area contributed by atoms with Gasteiger partial charge < -0.3 is 0 Å². The first-order chi connectivity index (χ1) is 7.33. The fourth-order valence-corrected chi connectivity index (χ4v) is 1.91. The van der Waals surface area contributed by atoms with Crippen LogP contribution in [-0.2, 0) is 6.42 Å². The Morgan fingerprint density at radius 2 is 1.80 bits per heavy atom. The van der Waals surface area contributed by atoms with Crippen molar-refractivity contribution in [2.75, 3.05) is 0 Å². The Balaban J connectivity index is 2.61. The lowest BCUT2D eigenvalue weighted by molar-refractivity contribution is 1.09. The number of benzene rings is 1. The van der Waals surface area contributed by atoms with Crippen LogP contribution in [0.2, 0.25) is 0 Å². The number of aromatic nitrogens is 1. The molecule has 2 aromatic rings. The lowest BCUT2D eigenvalue weighted by Gasteiger charge is -2.10. The molecule has 0 aliphatic rings. The Labute approximate surface area is 90.8 Å². The first-order valence-corrected chi connectivity index (χ1v) is 5.32. The monoisotopic (exact) mass is 197 g/mol. The highest BCUT2D eigenvalue weighted by atomic mass is 14.6. The van der Waals surface area contributed by atoms with Gasteiger partial charge in [-0.1, -0.05) is 37.3 Å². The molecule has 1 aromatic heterocycles. The minimum atomic E-state index is 1.03. The summed E-state index contributed by atoms with van der Waals surface area (Å²) in [5.41, 5.74) is 5.20. The van der Waals surface area contributed by atoms with Crippen LogP contribution in [0.5, 0.6) is 0 Å². The maximum atomic E-state index is 4.24. The van der Waals surface area contributed by atoms with Crippen molar-refractivity contribution in [3.63, 3.8) is 0 Å². The molecule has 0 unspecified atom stereocenters. The maximum Gasteiger partial charge on any atom is 0.0306 e. The lowest BCUT2D eigenvalue weighted by Crippen LogP contribution is -1.92. The van der Waals surface area contributed by atoms with E-state index < -0.39 is 0 Å². The zero-order valence-corrected chi connectivity index (χ0v) is 9.20. The molecule has 0 N–H and O–H groups in total.